The third kappa shape index (κ3) is 3.53. The van der Waals surface area contributed by atoms with Gasteiger partial charge in [0.15, 0.2) is 0 Å². The highest BCUT2D eigenvalue weighted by Gasteiger charge is 2.36. The normalized spacial score (nSPS) is 17.8. The van der Waals surface area contributed by atoms with Crippen molar-refractivity contribution in [2.75, 3.05) is 19.8 Å². The molecular formula is C17H20ClNO3S2. The van der Waals surface area contributed by atoms with E-state index in [-0.39, 0.29) is 10.3 Å². The van der Waals surface area contributed by atoms with Gasteiger partial charge in [-0.1, -0.05) is 23.7 Å². The van der Waals surface area contributed by atoms with E-state index in [0.717, 1.165) is 12.8 Å². The predicted molar refractivity (Wildman–Crippen MR) is 97.4 cm³/mol. The lowest BCUT2D eigenvalue weighted by Crippen LogP contribution is -2.44. The van der Waals surface area contributed by atoms with Crippen LogP contribution < -0.4 is 4.72 Å². The Kier molecular flexibility index (Phi) is 5.32. The van der Waals surface area contributed by atoms with Crippen LogP contribution in [0.15, 0.2) is 40.6 Å². The van der Waals surface area contributed by atoms with Gasteiger partial charge in [-0.25, -0.2) is 13.1 Å². The fraction of sp³-hybridized carbons (Fsp3) is 0.412. The van der Waals surface area contributed by atoms with Crippen molar-refractivity contribution < 1.29 is 13.2 Å². The Bertz CT molecular complexity index is 797. The molecule has 3 rings (SSSR count). The molecule has 2 aromatic rings. The van der Waals surface area contributed by atoms with Crippen molar-refractivity contribution in [1.29, 1.82) is 0 Å². The van der Waals surface area contributed by atoms with Gasteiger partial charge in [0.05, 0.1) is 4.90 Å². The van der Waals surface area contributed by atoms with Gasteiger partial charge in [0.1, 0.15) is 0 Å². The van der Waals surface area contributed by atoms with E-state index in [4.69, 9.17) is 16.3 Å². The van der Waals surface area contributed by atoms with E-state index < -0.39 is 10.0 Å². The smallest absolute Gasteiger partial charge is 0.240 e. The summed E-state index contributed by atoms with van der Waals surface area (Å²) in [5, 5.41) is 2.49. The van der Waals surface area contributed by atoms with Crippen LogP contribution in [-0.4, -0.2) is 28.2 Å². The lowest BCUT2D eigenvalue weighted by Gasteiger charge is -2.36. The zero-order chi connectivity index (χ0) is 17.2. The van der Waals surface area contributed by atoms with Crippen molar-refractivity contribution in [1.82, 2.24) is 4.72 Å². The van der Waals surface area contributed by atoms with Crippen LogP contribution in [-0.2, 0) is 20.2 Å². The van der Waals surface area contributed by atoms with E-state index in [1.54, 1.807) is 36.5 Å². The Balaban J connectivity index is 1.85. The zero-order valence-corrected chi connectivity index (χ0v) is 15.8. The SMILES string of the molecule is Cc1c(Cl)cccc1S(=O)(=O)NCC1(c2cccs2)CCOCC1. The molecule has 1 aliphatic heterocycles. The molecule has 130 valence electrons. The molecular weight excluding hydrogens is 366 g/mol. The molecule has 0 unspecified atom stereocenters. The second kappa shape index (κ2) is 7.14. The molecule has 0 atom stereocenters. The Morgan fingerprint density at radius 2 is 2.00 bits per heavy atom. The van der Waals surface area contributed by atoms with Crippen LogP contribution in [0.5, 0.6) is 0 Å². The fourth-order valence-corrected chi connectivity index (χ4v) is 5.65. The lowest BCUT2D eigenvalue weighted by molar-refractivity contribution is 0.0529. The molecule has 1 saturated heterocycles. The summed E-state index contributed by atoms with van der Waals surface area (Å²) in [5.41, 5.74) is 0.371. The molecule has 1 fully saturated rings. The molecule has 4 nitrogen and oxygen atoms in total. The molecule has 7 heteroatoms. The minimum atomic E-state index is -3.61. The van der Waals surface area contributed by atoms with Gasteiger partial charge in [-0.3, -0.25) is 0 Å². The average Bonchev–Trinajstić information content (AvgIpc) is 3.11. The average molecular weight is 386 g/mol. The molecule has 0 saturated carbocycles. The van der Waals surface area contributed by atoms with Crippen LogP contribution in [0.25, 0.3) is 0 Å². The number of halogens is 1. The summed E-state index contributed by atoms with van der Waals surface area (Å²) in [7, 11) is -3.61. The van der Waals surface area contributed by atoms with E-state index >= 15 is 0 Å². The number of thiophene rings is 1. The van der Waals surface area contributed by atoms with Crippen molar-refractivity contribution in [3.63, 3.8) is 0 Å². The predicted octanol–water partition coefficient (Wildman–Crippen LogP) is 3.74. The first-order valence-electron chi connectivity index (χ1n) is 7.81. The molecule has 24 heavy (non-hydrogen) atoms. The molecule has 0 amide bonds. The lowest BCUT2D eigenvalue weighted by atomic mass is 9.79. The Morgan fingerprint density at radius 1 is 1.25 bits per heavy atom. The van der Waals surface area contributed by atoms with E-state index in [1.807, 2.05) is 11.4 Å². The number of nitrogens with one attached hydrogen (secondary N) is 1. The summed E-state index contributed by atoms with van der Waals surface area (Å²) >= 11 is 7.74. The molecule has 2 heterocycles. The first-order valence-corrected chi connectivity index (χ1v) is 10.6. The van der Waals surface area contributed by atoms with Crippen LogP contribution in [0.4, 0.5) is 0 Å². The fourth-order valence-electron chi connectivity index (χ4n) is 3.04. The topological polar surface area (TPSA) is 55.4 Å². The Labute approximate surface area is 151 Å². The third-order valence-electron chi connectivity index (χ3n) is 4.60. The highest BCUT2D eigenvalue weighted by atomic mass is 35.5. The molecule has 1 aliphatic rings. The van der Waals surface area contributed by atoms with E-state index in [0.29, 0.717) is 30.3 Å². The van der Waals surface area contributed by atoms with Gasteiger partial charge in [0, 0.05) is 35.1 Å². The second-order valence-electron chi connectivity index (χ2n) is 6.06. The molecule has 0 aliphatic carbocycles. The minimum absolute atomic E-state index is 0.202. The summed E-state index contributed by atoms with van der Waals surface area (Å²) in [6, 6.07) is 9.03. The highest BCUT2D eigenvalue weighted by molar-refractivity contribution is 7.89. The van der Waals surface area contributed by atoms with Gasteiger partial charge in [0.25, 0.3) is 0 Å². The van der Waals surface area contributed by atoms with Crippen LogP contribution in [0.1, 0.15) is 23.3 Å². The first-order chi connectivity index (χ1) is 11.4. The maximum Gasteiger partial charge on any atom is 0.240 e. The minimum Gasteiger partial charge on any atom is -0.381 e. The van der Waals surface area contributed by atoms with Crippen LogP contribution in [0.2, 0.25) is 5.02 Å². The number of sulfonamides is 1. The zero-order valence-electron chi connectivity index (χ0n) is 13.4. The maximum atomic E-state index is 12.8. The van der Waals surface area contributed by atoms with E-state index in [1.165, 1.54) is 4.88 Å². The van der Waals surface area contributed by atoms with Crippen molar-refractivity contribution in [2.45, 2.75) is 30.1 Å². The first kappa shape index (κ1) is 17.9. The van der Waals surface area contributed by atoms with Crippen LogP contribution >= 0.6 is 22.9 Å². The number of hydrogen-bond donors (Lipinski definition) is 1. The Morgan fingerprint density at radius 3 is 2.67 bits per heavy atom. The van der Waals surface area contributed by atoms with Crippen molar-refractivity contribution in [3.05, 3.63) is 51.2 Å². The molecule has 1 N–H and O–H groups in total. The summed E-state index contributed by atoms with van der Waals surface area (Å²) in [6.07, 6.45) is 1.62. The molecule has 1 aromatic heterocycles. The van der Waals surface area contributed by atoms with Gasteiger partial charge in [-0.15, -0.1) is 11.3 Å². The van der Waals surface area contributed by atoms with Gasteiger partial charge < -0.3 is 4.74 Å². The van der Waals surface area contributed by atoms with Crippen molar-refractivity contribution in [3.8, 4) is 0 Å². The van der Waals surface area contributed by atoms with Gasteiger partial charge in [-0.05, 0) is 48.9 Å². The number of benzene rings is 1. The largest absolute Gasteiger partial charge is 0.381 e. The molecule has 0 spiro atoms. The monoisotopic (exact) mass is 385 g/mol. The molecule has 0 bridgehead atoms. The van der Waals surface area contributed by atoms with Gasteiger partial charge >= 0.3 is 0 Å². The van der Waals surface area contributed by atoms with Gasteiger partial charge in [-0.2, -0.15) is 0 Å². The summed E-state index contributed by atoms with van der Waals surface area (Å²) < 4.78 is 33.8. The van der Waals surface area contributed by atoms with Crippen LogP contribution in [0.3, 0.4) is 0 Å². The van der Waals surface area contributed by atoms with Crippen LogP contribution in [0, 0.1) is 6.92 Å². The number of hydrogen-bond acceptors (Lipinski definition) is 4. The maximum absolute atomic E-state index is 12.8. The molecule has 0 radical (unpaired) electrons. The summed E-state index contributed by atoms with van der Waals surface area (Å²) in [6.45, 7) is 3.39. The van der Waals surface area contributed by atoms with Crippen molar-refractivity contribution >= 4 is 33.0 Å². The van der Waals surface area contributed by atoms with Crippen molar-refractivity contribution in [2.24, 2.45) is 0 Å². The highest BCUT2D eigenvalue weighted by Crippen LogP contribution is 2.37. The van der Waals surface area contributed by atoms with Gasteiger partial charge in [0.2, 0.25) is 10.0 Å². The summed E-state index contributed by atoms with van der Waals surface area (Å²) in [4.78, 5) is 1.44. The van der Waals surface area contributed by atoms with E-state index in [2.05, 4.69) is 10.8 Å². The Hall–Kier alpha value is -0.920. The van der Waals surface area contributed by atoms with E-state index in [9.17, 15) is 8.42 Å². The standard InChI is InChI=1S/C17H20ClNO3S2/c1-13-14(18)4-2-5-15(13)24(20,21)19-12-17(7-9-22-10-8-17)16-6-3-11-23-16/h2-6,11,19H,7-10,12H2,1H3. The number of rotatable bonds is 5. The second-order valence-corrected chi connectivity index (χ2v) is 9.15. The number of ether oxygens (including phenoxy) is 1. The molecule has 1 aromatic carbocycles. The third-order valence-corrected chi connectivity index (χ3v) is 7.67. The summed E-state index contributed by atoms with van der Waals surface area (Å²) in [5.74, 6) is 0. The quantitative estimate of drug-likeness (QED) is 0.853.